The zero-order chi connectivity index (χ0) is 14.1. The van der Waals surface area contributed by atoms with Crippen molar-refractivity contribution in [1.82, 2.24) is 10.3 Å². The molecule has 0 saturated heterocycles. The highest BCUT2D eigenvalue weighted by Gasteiger charge is 2.30. The Balaban J connectivity index is 1.80. The van der Waals surface area contributed by atoms with E-state index in [0.717, 1.165) is 13.0 Å². The van der Waals surface area contributed by atoms with Crippen LogP contribution in [0.2, 0.25) is 0 Å². The van der Waals surface area contributed by atoms with E-state index in [2.05, 4.69) is 50.4 Å². The highest BCUT2D eigenvalue weighted by atomic mass is 32.1. The first-order valence-electron chi connectivity index (χ1n) is 7.49. The highest BCUT2D eigenvalue weighted by Crippen LogP contribution is 2.42. The van der Waals surface area contributed by atoms with Gasteiger partial charge in [0.05, 0.1) is 5.69 Å². The Labute approximate surface area is 125 Å². The van der Waals surface area contributed by atoms with Crippen LogP contribution in [0.1, 0.15) is 58.9 Å². The fourth-order valence-corrected chi connectivity index (χ4v) is 4.13. The Morgan fingerprint density at radius 1 is 1.40 bits per heavy atom. The summed E-state index contributed by atoms with van der Waals surface area (Å²) in [5.74, 6) is 0.530. The van der Waals surface area contributed by atoms with Gasteiger partial charge in [-0.2, -0.15) is 0 Å². The zero-order valence-corrected chi connectivity index (χ0v) is 13.3. The van der Waals surface area contributed by atoms with E-state index in [-0.39, 0.29) is 0 Å². The molecule has 0 aliphatic heterocycles. The van der Waals surface area contributed by atoms with E-state index < -0.39 is 0 Å². The largest absolute Gasteiger partial charge is 0.309 e. The second kappa shape index (κ2) is 5.66. The molecular formula is C17H22N2S. The number of nitrogens with zero attached hydrogens (tertiary/aromatic N) is 1. The first-order chi connectivity index (χ1) is 9.70. The molecule has 1 aliphatic carbocycles. The first kappa shape index (κ1) is 13.8. The van der Waals surface area contributed by atoms with Gasteiger partial charge in [-0.1, -0.05) is 31.2 Å². The third-order valence-electron chi connectivity index (χ3n) is 4.10. The summed E-state index contributed by atoms with van der Waals surface area (Å²) < 4.78 is 0. The molecule has 0 amide bonds. The van der Waals surface area contributed by atoms with Gasteiger partial charge in [0.15, 0.2) is 0 Å². The second-order valence-corrected chi connectivity index (χ2v) is 6.70. The normalized spacial score (nSPS) is 18.4. The van der Waals surface area contributed by atoms with Crippen molar-refractivity contribution in [2.24, 2.45) is 0 Å². The zero-order valence-electron chi connectivity index (χ0n) is 12.4. The lowest BCUT2D eigenvalue weighted by Gasteiger charge is -2.28. The molecule has 2 atom stereocenters. The maximum atomic E-state index is 4.84. The van der Waals surface area contributed by atoms with Crippen molar-refractivity contribution in [3.8, 4) is 0 Å². The molecule has 1 aromatic heterocycles. The number of fused-ring (bicyclic) bond motifs is 1. The Morgan fingerprint density at radius 2 is 2.20 bits per heavy atom. The minimum atomic E-state index is 0.413. The van der Waals surface area contributed by atoms with Gasteiger partial charge in [-0.05, 0) is 44.4 Å². The molecule has 0 fully saturated rings. The number of rotatable bonds is 5. The van der Waals surface area contributed by atoms with Crippen LogP contribution in [-0.4, -0.2) is 11.5 Å². The number of hydrogen-bond acceptors (Lipinski definition) is 3. The molecule has 0 spiro atoms. The average Bonchev–Trinajstić information content (AvgIpc) is 2.79. The summed E-state index contributed by atoms with van der Waals surface area (Å²) in [4.78, 5) is 6.24. The molecular weight excluding hydrogens is 264 g/mol. The van der Waals surface area contributed by atoms with Crippen molar-refractivity contribution < 1.29 is 0 Å². The fourth-order valence-electron chi connectivity index (χ4n) is 2.91. The van der Waals surface area contributed by atoms with Gasteiger partial charge in [-0.15, -0.1) is 11.3 Å². The molecule has 20 heavy (non-hydrogen) atoms. The summed E-state index contributed by atoms with van der Waals surface area (Å²) in [7, 11) is 0. The Morgan fingerprint density at radius 3 is 2.95 bits per heavy atom. The second-order valence-electron chi connectivity index (χ2n) is 5.63. The van der Waals surface area contributed by atoms with Crippen molar-refractivity contribution in [2.45, 2.75) is 45.6 Å². The lowest BCUT2D eigenvalue weighted by atomic mass is 9.78. The van der Waals surface area contributed by atoms with Crippen LogP contribution in [0.5, 0.6) is 0 Å². The predicted octanol–water partition coefficient (Wildman–Crippen LogP) is 4.20. The van der Waals surface area contributed by atoms with Gasteiger partial charge in [0, 0.05) is 16.8 Å². The quantitative estimate of drug-likeness (QED) is 0.891. The molecule has 0 radical (unpaired) electrons. The maximum Gasteiger partial charge on any atom is 0.101 e. The van der Waals surface area contributed by atoms with E-state index in [1.807, 2.05) is 11.3 Å². The molecule has 1 heterocycles. The summed E-state index contributed by atoms with van der Waals surface area (Å²) in [5.41, 5.74) is 4.16. The molecule has 1 aromatic carbocycles. The van der Waals surface area contributed by atoms with Gasteiger partial charge in [-0.3, -0.25) is 0 Å². The molecule has 2 unspecified atom stereocenters. The van der Waals surface area contributed by atoms with E-state index in [1.54, 1.807) is 0 Å². The molecule has 3 heteroatoms. The fraction of sp³-hybridized carbons (Fsp3) is 0.471. The molecule has 0 bridgehead atoms. The van der Waals surface area contributed by atoms with E-state index >= 15 is 0 Å². The third-order valence-corrected chi connectivity index (χ3v) is 5.55. The molecule has 3 rings (SSSR count). The van der Waals surface area contributed by atoms with E-state index in [0.29, 0.717) is 12.0 Å². The van der Waals surface area contributed by atoms with E-state index in [9.17, 15) is 0 Å². The SMILES string of the molecule is CCCNC(C)c1sc(C2Cc3ccccc32)nc1C. The van der Waals surface area contributed by atoms with Crippen LogP contribution >= 0.6 is 11.3 Å². The molecule has 1 N–H and O–H groups in total. The standard InChI is InChI=1S/C17H22N2S/c1-4-9-18-11(2)16-12(3)19-17(20-16)15-10-13-7-5-6-8-14(13)15/h5-8,11,15,18H,4,9-10H2,1-3H3. The van der Waals surface area contributed by atoms with Crippen molar-refractivity contribution in [3.63, 3.8) is 0 Å². The van der Waals surface area contributed by atoms with Crippen LogP contribution in [0.15, 0.2) is 24.3 Å². The van der Waals surface area contributed by atoms with Gasteiger partial charge in [0.1, 0.15) is 5.01 Å². The maximum absolute atomic E-state index is 4.84. The summed E-state index contributed by atoms with van der Waals surface area (Å²) in [6.07, 6.45) is 2.32. The van der Waals surface area contributed by atoms with Gasteiger partial charge < -0.3 is 5.32 Å². The monoisotopic (exact) mass is 286 g/mol. The van der Waals surface area contributed by atoms with Crippen molar-refractivity contribution in [1.29, 1.82) is 0 Å². The van der Waals surface area contributed by atoms with Crippen LogP contribution < -0.4 is 5.32 Å². The van der Waals surface area contributed by atoms with Crippen LogP contribution in [0.25, 0.3) is 0 Å². The summed E-state index contributed by atoms with van der Waals surface area (Å²) in [6.45, 7) is 7.66. The molecule has 1 aliphatic rings. The van der Waals surface area contributed by atoms with Gasteiger partial charge in [-0.25, -0.2) is 4.98 Å². The minimum Gasteiger partial charge on any atom is -0.309 e. The number of benzene rings is 1. The number of thiazole rings is 1. The summed E-state index contributed by atoms with van der Waals surface area (Å²) >= 11 is 1.89. The highest BCUT2D eigenvalue weighted by molar-refractivity contribution is 7.12. The molecule has 106 valence electrons. The molecule has 0 saturated carbocycles. The van der Waals surface area contributed by atoms with Crippen LogP contribution in [0.4, 0.5) is 0 Å². The van der Waals surface area contributed by atoms with Gasteiger partial charge in [0.2, 0.25) is 0 Å². The van der Waals surface area contributed by atoms with Gasteiger partial charge >= 0.3 is 0 Å². The van der Waals surface area contributed by atoms with E-state index in [4.69, 9.17) is 4.98 Å². The first-order valence-corrected chi connectivity index (χ1v) is 8.30. The number of aryl methyl sites for hydroxylation is 1. The number of nitrogens with one attached hydrogen (secondary N) is 1. The lowest BCUT2D eigenvalue weighted by molar-refractivity contribution is 0.575. The Hall–Kier alpha value is -1.19. The van der Waals surface area contributed by atoms with Crippen LogP contribution in [0.3, 0.4) is 0 Å². The third kappa shape index (κ3) is 2.40. The molecule has 2 nitrogen and oxygen atoms in total. The van der Waals surface area contributed by atoms with Crippen LogP contribution in [-0.2, 0) is 6.42 Å². The van der Waals surface area contributed by atoms with Crippen LogP contribution in [0, 0.1) is 6.92 Å². The minimum absolute atomic E-state index is 0.413. The summed E-state index contributed by atoms with van der Waals surface area (Å²) in [5, 5.41) is 4.86. The number of hydrogen-bond donors (Lipinski definition) is 1. The number of aromatic nitrogens is 1. The van der Waals surface area contributed by atoms with Crippen molar-refractivity contribution in [3.05, 3.63) is 51.0 Å². The van der Waals surface area contributed by atoms with Gasteiger partial charge in [0.25, 0.3) is 0 Å². The topological polar surface area (TPSA) is 24.9 Å². The summed E-state index contributed by atoms with van der Waals surface area (Å²) in [6, 6.07) is 9.16. The van der Waals surface area contributed by atoms with E-state index in [1.165, 1.54) is 33.1 Å². The smallest absolute Gasteiger partial charge is 0.101 e. The lowest BCUT2D eigenvalue weighted by Crippen LogP contribution is -2.19. The average molecular weight is 286 g/mol. The molecule has 2 aromatic rings. The Kier molecular flexibility index (Phi) is 3.90. The van der Waals surface area contributed by atoms with Crippen molar-refractivity contribution >= 4 is 11.3 Å². The van der Waals surface area contributed by atoms with Crippen molar-refractivity contribution in [2.75, 3.05) is 6.54 Å². The Bertz CT molecular complexity index is 603. The predicted molar refractivity (Wildman–Crippen MR) is 85.5 cm³/mol.